The first kappa shape index (κ1) is 17.3. The summed E-state index contributed by atoms with van der Waals surface area (Å²) in [6, 6.07) is 12.6. The van der Waals surface area contributed by atoms with Crippen molar-refractivity contribution in [3.63, 3.8) is 0 Å². The molecular weight excluding hydrogens is 340 g/mol. The fraction of sp³-hybridized carbons (Fsp3) is 0.263. The van der Waals surface area contributed by atoms with Crippen molar-refractivity contribution in [2.45, 2.75) is 19.3 Å². The van der Waals surface area contributed by atoms with Gasteiger partial charge in [-0.3, -0.25) is 9.59 Å². The second kappa shape index (κ2) is 7.57. The second-order valence-electron chi connectivity index (χ2n) is 5.89. The Morgan fingerprint density at radius 1 is 1.24 bits per heavy atom. The summed E-state index contributed by atoms with van der Waals surface area (Å²) in [5.41, 5.74) is 2.39. The van der Waals surface area contributed by atoms with Crippen LogP contribution in [0.15, 0.2) is 42.5 Å². The largest absolute Gasteiger partial charge is 0.495 e. The van der Waals surface area contributed by atoms with E-state index in [1.165, 1.54) is 0 Å². The van der Waals surface area contributed by atoms with Crippen LogP contribution < -0.4 is 15.0 Å². The topological polar surface area (TPSA) is 58.6 Å². The predicted octanol–water partition coefficient (Wildman–Crippen LogP) is 3.66. The molecule has 5 nitrogen and oxygen atoms in total. The van der Waals surface area contributed by atoms with Crippen LogP contribution in [0.3, 0.4) is 0 Å². The van der Waals surface area contributed by atoms with E-state index in [1.54, 1.807) is 30.2 Å². The maximum atomic E-state index is 12.2. The first-order valence-electron chi connectivity index (χ1n) is 8.09. The van der Waals surface area contributed by atoms with Gasteiger partial charge in [-0.2, -0.15) is 0 Å². The summed E-state index contributed by atoms with van der Waals surface area (Å²) in [6.07, 6.45) is 1.75. The first-order chi connectivity index (χ1) is 12.1. The number of halogens is 1. The zero-order chi connectivity index (χ0) is 17.8. The van der Waals surface area contributed by atoms with E-state index in [0.717, 1.165) is 24.2 Å². The average molecular weight is 359 g/mol. The number of nitrogens with one attached hydrogen (secondary N) is 1. The van der Waals surface area contributed by atoms with E-state index >= 15 is 0 Å². The number of ether oxygens (including phenoxy) is 1. The summed E-state index contributed by atoms with van der Waals surface area (Å²) in [4.78, 5) is 25.7. The summed E-state index contributed by atoms with van der Waals surface area (Å²) in [6.45, 7) is 0.761. The van der Waals surface area contributed by atoms with Crippen molar-refractivity contribution in [3.8, 4) is 5.75 Å². The van der Waals surface area contributed by atoms with Gasteiger partial charge in [-0.25, -0.2) is 0 Å². The van der Waals surface area contributed by atoms with Crippen LogP contribution in [0.2, 0.25) is 5.02 Å². The lowest BCUT2D eigenvalue weighted by Crippen LogP contribution is -2.23. The van der Waals surface area contributed by atoms with Crippen molar-refractivity contribution in [2.75, 3.05) is 23.9 Å². The Morgan fingerprint density at radius 2 is 2.00 bits per heavy atom. The van der Waals surface area contributed by atoms with Crippen molar-refractivity contribution >= 4 is 34.8 Å². The second-order valence-corrected chi connectivity index (χ2v) is 6.30. The van der Waals surface area contributed by atoms with Gasteiger partial charge in [0.2, 0.25) is 11.8 Å². The Bertz CT molecular complexity index is 790. The standard InChI is InChI=1S/C19H19ClN2O3/c1-25-17-9-6-14(12-16(17)20)21-18(23)11-13-4-7-15(8-5-13)22-10-2-3-19(22)24/h4-9,12H,2-3,10-11H2,1H3,(H,21,23). The number of methoxy groups -OCH3 is 1. The fourth-order valence-electron chi connectivity index (χ4n) is 2.85. The minimum absolute atomic E-state index is 0.133. The molecule has 1 N–H and O–H groups in total. The highest BCUT2D eigenvalue weighted by Gasteiger charge is 2.21. The molecule has 25 heavy (non-hydrogen) atoms. The third-order valence-electron chi connectivity index (χ3n) is 4.12. The normalized spacial score (nSPS) is 13.8. The molecule has 1 aliphatic rings. The number of nitrogens with zero attached hydrogens (tertiary/aromatic N) is 1. The minimum Gasteiger partial charge on any atom is -0.495 e. The minimum atomic E-state index is -0.133. The lowest BCUT2D eigenvalue weighted by Gasteiger charge is -2.16. The molecule has 1 heterocycles. The highest BCUT2D eigenvalue weighted by Crippen LogP contribution is 2.27. The lowest BCUT2D eigenvalue weighted by molar-refractivity contribution is -0.117. The van der Waals surface area contributed by atoms with E-state index < -0.39 is 0 Å². The molecule has 0 saturated carbocycles. The highest BCUT2D eigenvalue weighted by atomic mass is 35.5. The number of hydrogen-bond acceptors (Lipinski definition) is 3. The number of benzene rings is 2. The number of amides is 2. The van der Waals surface area contributed by atoms with Gasteiger partial charge in [0.15, 0.2) is 0 Å². The highest BCUT2D eigenvalue weighted by molar-refractivity contribution is 6.32. The molecule has 1 fully saturated rings. The zero-order valence-corrected chi connectivity index (χ0v) is 14.7. The van der Waals surface area contributed by atoms with Gasteiger partial charge in [0.05, 0.1) is 18.6 Å². The summed E-state index contributed by atoms with van der Waals surface area (Å²) in [5.74, 6) is 0.583. The van der Waals surface area contributed by atoms with Crippen LogP contribution >= 0.6 is 11.6 Å². The van der Waals surface area contributed by atoms with Crippen molar-refractivity contribution in [3.05, 3.63) is 53.1 Å². The molecule has 3 rings (SSSR count). The molecule has 0 unspecified atom stereocenters. The Balaban J connectivity index is 1.61. The maximum absolute atomic E-state index is 12.2. The summed E-state index contributed by atoms with van der Waals surface area (Å²) in [7, 11) is 1.54. The zero-order valence-electron chi connectivity index (χ0n) is 13.9. The van der Waals surface area contributed by atoms with Crippen LogP contribution in [-0.2, 0) is 16.0 Å². The Labute approximate surface area is 151 Å². The van der Waals surface area contributed by atoms with E-state index in [2.05, 4.69) is 5.32 Å². The van der Waals surface area contributed by atoms with E-state index in [1.807, 2.05) is 24.3 Å². The summed E-state index contributed by atoms with van der Waals surface area (Å²) < 4.78 is 5.09. The molecule has 1 aliphatic heterocycles. The van der Waals surface area contributed by atoms with Crippen LogP contribution in [0, 0.1) is 0 Å². The van der Waals surface area contributed by atoms with Gasteiger partial charge in [0.1, 0.15) is 5.75 Å². The van der Waals surface area contributed by atoms with Crippen molar-refractivity contribution in [1.29, 1.82) is 0 Å². The number of anilines is 2. The predicted molar refractivity (Wildman–Crippen MR) is 98.4 cm³/mol. The monoisotopic (exact) mass is 358 g/mol. The molecule has 130 valence electrons. The number of carbonyl (C=O) groups excluding carboxylic acids is 2. The van der Waals surface area contributed by atoms with Gasteiger partial charge >= 0.3 is 0 Å². The van der Waals surface area contributed by atoms with Gasteiger partial charge in [0.25, 0.3) is 0 Å². The van der Waals surface area contributed by atoms with Crippen LogP contribution in [0.1, 0.15) is 18.4 Å². The molecule has 2 aromatic carbocycles. The molecule has 0 spiro atoms. The molecule has 0 atom stereocenters. The molecule has 0 bridgehead atoms. The van der Waals surface area contributed by atoms with Gasteiger partial charge < -0.3 is 15.0 Å². The molecule has 0 aromatic heterocycles. The third kappa shape index (κ3) is 4.12. The van der Waals surface area contributed by atoms with E-state index in [0.29, 0.717) is 22.9 Å². The molecule has 0 aliphatic carbocycles. The van der Waals surface area contributed by atoms with E-state index in [-0.39, 0.29) is 18.2 Å². The van der Waals surface area contributed by atoms with Gasteiger partial charge in [-0.1, -0.05) is 23.7 Å². The fourth-order valence-corrected chi connectivity index (χ4v) is 3.11. The number of carbonyl (C=O) groups is 2. The van der Waals surface area contributed by atoms with E-state index in [4.69, 9.17) is 16.3 Å². The maximum Gasteiger partial charge on any atom is 0.228 e. The van der Waals surface area contributed by atoms with Gasteiger partial charge in [0, 0.05) is 24.3 Å². The quantitative estimate of drug-likeness (QED) is 0.887. The van der Waals surface area contributed by atoms with Gasteiger partial charge in [-0.05, 0) is 42.3 Å². The van der Waals surface area contributed by atoms with Crippen LogP contribution in [0.4, 0.5) is 11.4 Å². The van der Waals surface area contributed by atoms with Crippen molar-refractivity contribution in [2.24, 2.45) is 0 Å². The first-order valence-corrected chi connectivity index (χ1v) is 8.47. The Hall–Kier alpha value is -2.53. The number of rotatable bonds is 5. The van der Waals surface area contributed by atoms with E-state index in [9.17, 15) is 9.59 Å². The third-order valence-corrected chi connectivity index (χ3v) is 4.42. The van der Waals surface area contributed by atoms with Gasteiger partial charge in [-0.15, -0.1) is 0 Å². The molecule has 0 radical (unpaired) electrons. The molecule has 2 aromatic rings. The summed E-state index contributed by atoms with van der Waals surface area (Å²) >= 11 is 6.06. The van der Waals surface area contributed by atoms with Crippen LogP contribution in [-0.4, -0.2) is 25.5 Å². The molecule has 2 amide bonds. The Morgan fingerprint density at radius 3 is 2.60 bits per heavy atom. The summed E-state index contributed by atoms with van der Waals surface area (Å²) in [5, 5.41) is 3.26. The van der Waals surface area contributed by atoms with Crippen molar-refractivity contribution < 1.29 is 14.3 Å². The smallest absolute Gasteiger partial charge is 0.228 e. The number of hydrogen-bond donors (Lipinski definition) is 1. The molecule has 1 saturated heterocycles. The van der Waals surface area contributed by atoms with Crippen LogP contribution in [0.5, 0.6) is 5.75 Å². The lowest BCUT2D eigenvalue weighted by atomic mass is 10.1. The molecule has 6 heteroatoms. The average Bonchev–Trinajstić information content (AvgIpc) is 3.02. The SMILES string of the molecule is COc1ccc(NC(=O)Cc2ccc(N3CCCC3=O)cc2)cc1Cl. The van der Waals surface area contributed by atoms with Crippen LogP contribution in [0.25, 0.3) is 0 Å². The molecular formula is C19H19ClN2O3. The van der Waals surface area contributed by atoms with Crippen molar-refractivity contribution in [1.82, 2.24) is 0 Å². The Kier molecular flexibility index (Phi) is 5.24.